The molecule has 0 saturated heterocycles. The number of likely N-dealkylation sites (N-methyl/N-ethyl adjacent to an activating group) is 1. The fourth-order valence-corrected chi connectivity index (χ4v) is 3.08. The third kappa shape index (κ3) is 8.89. The summed E-state index contributed by atoms with van der Waals surface area (Å²) in [4.78, 5) is 20.1. The van der Waals surface area contributed by atoms with E-state index in [1.807, 2.05) is 39.6 Å². The quantitative estimate of drug-likeness (QED) is 0.373. The summed E-state index contributed by atoms with van der Waals surface area (Å²) in [5, 5.41) is 8.34. The Labute approximate surface area is 173 Å². The molecule has 0 atom stereocenters. The molecule has 5 nitrogen and oxygen atoms in total. The van der Waals surface area contributed by atoms with Crippen molar-refractivity contribution in [1.29, 1.82) is 0 Å². The lowest BCUT2D eigenvalue weighted by Gasteiger charge is -2.27. The van der Waals surface area contributed by atoms with E-state index >= 15 is 0 Å². The molecule has 0 aliphatic carbocycles. The molecule has 0 aliphatic heterocycles. The predicted molar refractivity (Wildman–Crippen MR) is 119 cm³/mol. The molecule has 1 aromatic heterocycles. The molecule has 0 saturated carbocycles. The first-order valence-corrected chi connectivity index (χ1v) is 9.27. The van der Waals surface area contributed by atoms with Gasteiger partial charge in [0.2, 0.25) is 5.91 Å². The summed E-state index contributed by atoms with van der Waals surface area (Å²) in [6.07, 6.45) is 0. The Morgan fingerprint density at radius 2 is 1.92 bits per heavy atom. The van der Waals surface area contributed by atoms with Crippen LogP contribution < -0.4 is 10.6 Å². The average molecular weight is 480 g/mol. The lowest BCUT2D eigenvalue weighted by atomic mass is 9.92. The normalized spacial score (nSPS) is 12.4. The minimum Gasteiger partial charge on any atom is -0.357 e. The van der Waals surface area contributed by atoms with Crippen molar-refractivity contribution in [3.8, 4) is 0 Å². The van der Waals surface area contributed by atoms with Crippen molar-refractivity contribution in [2.24, 2.45) is 4.99 Å². The molecular formula is C18H33IN4OS. The van der Waals surface area contributed by atoms with E-state index in [4.69, 9.17) is 4.99 Å². The summed E-state index contributed by atoms with van der Waals surface area (Å²) < 4.78 is 0. The van der Waals surface area contributed by atoms with Crippen LogP contribution in [0, 0.1) is 0 Å². The molecule has 1 rings (SSSR count). The zero-order valence-electron chi connectivity index (χ0n) is 16.5. The second-order valence-electron chi connectivity index (χ2n) is 7.69. The number of nitrogens with zero attached hydrogens (tertiary/aromatic N) is 2. The predicted octanol–water partition coefficient (Wildman–Crippen LogP) is 3.46. The number of hydrogen-bond donors (Lipinski definition) is 2. The summed E-state index contributed by atoms with van der Waals surface area (Å²) in [6, 6.07) is 4.22. The van der Waals surface area contributed by atoms with Crippen molar-refractivity contribution in [3.63, 3.8) is 0 Å². The van der Waals surface area contributed by atoms with E-state index in [2.05, 4.69) is 42.0 Å². The molecule has 0 unspecified atom stereocenters. The van der Waals surface area contributed by atoms with E-state index in [1.165, 1.54) is 4.88 Å². The van der Waals surface area contributed by atoms with Gasteiger partial charge in [-0.05, 0) is 39.1 Å². The van der Waals surface area contributed by atoms with Gasteiger partial charge in [0.25, 0.3) is 0 Å². The van der Waals surface area contributed by atoms with Crippen LogP contribution in [0.1, 0.15) is 46.4 Å². The third-order valence-electron chi connectivity index (χ3n) is 3.40. The molecule has 144 valence electrons. The standard InChI is InChI=1S/C18H32N4OS.HI/c1-8-19-16(22(7)12-15(23)21-17(2,3)4)20-13-18(5,6)14-10-9-11-24-14;/h9-11H,8,12-13H2,1-7H3,(H,19,20)(H,21,23);1H. The summed E-state index contributed by atoms with van der Waals surface area (Å²) in [6.45, 7) is 14.1. The van der Waals surface area contributed by atoms with Crippen molar-refractivity contribution in [2.45, 2.75) is 52.5 Å². The first-order chi connectivity index (χ1) is 11.0. The topological polar surface area (TPSA) is 56.7 Å². The van der Waals surface area contributed by atoms with Gasteiger partial charge in [0.15, 0.2) is 5.96 Å². The Morgan fingerprint density at radius 3 is 2.40 bits per heavy atom. The van der Waals surface area contributed by atoms with Crippen LogP contribution in [0.15, 0.2) is 22.5 Å². The number of nitrogens with one attached hydrogen (secondary N) is 2. The van der Waals surface area contributed by atoms with E-state index in [0.717, 1.165) is 12.5 Å². The fraction of sp³-hybridized carbons (Fsp3) is 0.667. The van der Waals surface area contributed by atoms with Gasteiger partial charge in [-0.1, -0.05) is 19.9 Å². The van der Waals surface area contributed by atoms with E-state index in [-0.39, 0.29) is 47.4 Å². The summed E-state index contributed by atoms with van der Waals surface area (Å²) >= 11 is 1.75. The van der Waals surface area contributed by atoms with Crippen LogP contribution in [0.2, 0.25) is 0 Å². The van der Waals surface area contributed by atoms with Crippen LogP contribution in [0.25, 0.3) is 0 Å². The Morgan fingerprint density at radius 1 is 1.28 bits per heavy atom. The van der Waals surface area contributed by atoms with Crippen molar-refractivity contribution < 1.29 is 4.79 Å². The van der Waals surface area contributed by atoms with Crippen LogP contribution in [-0.2, 0) is 10.2 Å². The van der Waals surface area contributed by atoms with Gasteiger partial charge in [-0.15, -0.1) is 35.3 Å². The van der Waals surface area contributed by atoms with Crippen LogP contribution in [-0.4, -0.2) is 49.0 Å². The first-order valence-electron chi connectivity index (χ1n) is 8.39. The lowest BCUT2D eigenvalue weighted by molar-refractivity contribution is -0.122. The number of amides is 1. The molecule has 0 radical (unpaired) electrons. The summed E-state index contributed by atoms with van der Waals surface area (Å²) in [5.74, 6) is 0.749. The molecule has 2 N–H and O–H groups in total. The number of guanidine groups is 1. The minimum absolute atomic E-state index is 0. The molecule has 25 heavy (non-hydrogen) atoms. The fourth-order valence-electron chi connectivity index (χ4n) is 2.23. The maximum Gasteiger partial charge on any atom is 0.240 e. The number of hydrogen-bond acceptors (Lipinski definition) is 3. The van der Waals surface area contributed by atoms with E-state index < -0.39 is 0 Å². The molecule has 1 amide bonds. The van der Waals surface area contributed by atoms with E-state index in [0.29, 0.717) is 6.54 Å². The third-order valence-corrected chi connectivity index (χ3v) is 4.64. The van der Waals surface area contributed by atoms with Gasteiger partial charge in [0, 0.05) is 29.4 Å². The molecule has 0 aromatic carbocycles. The Hall–Kier alpha value is -0.830. The van der Waals surface area contributed by atoms with Gasteiger partial charge in [-0.25, -0.2) is 0 Å². The molecule has 1 aromatic rings. The largest absolute Gasteiger partial charge is 0.357 e. The van der Waals surface area contributed by atoms with Crippen LogP contribution in [0.3, 0.4) is 0 Å². The molecule has 7 heteroatoms. The number of aliphatic imine (C=N–C) groups is 1. The Bertz CT molecular complexity index is 550. The smallest absolute Gasteiger partial charge is 0.240 e. The summed E-state index contributed by atoms with van der Waals surface area (Å²) in [5.41, 5.74) is -0.252. The van der Waals surface area contributed by atoms with Gasteiger partial charge in [0.05, 0.1) is 13.1 Å². The molecule has 0 fully saturated rings. The zero-order chi connectivity index (χ0) is 18.4. The van der Waals surface area contributed by atoms with Crippen molar-refractivity contribution in [1.82, 2.24) is 15.5 Å². The highest BCUT2D eigenvalue weighted by molar-refractivity contribution is 14.0. The van der Waals surface area contributed by atoms with Crippen molar-refractivity contribution in [2.75, 3.05) is 26.7 Å². The highest BCUT2D eigenvalue weighted by Gasteiger charge is 2.22. The van der Waals surface area contributed by atoms with Crippen LogP contribution in [0.5, 0.6) is 0 Å². The van der Waals surface area contributed by atoms with Gasteiger partial charge in [-0.3, -0.25) is 9.79 Å². The number of carbonyl (C=O) groups is 1. The van der Waals surface area contributed by atoms with Crippen LogP contribution >= 0.6 is 35.3 Å². The first kappa shape index (κ1) is 24.2. The monoisotopic (exact) mass is 480 g/mol. The number of halogens is 1. The number of carbonyl (C=O) groups excluding carboxylic acids is 1. The Kier molecular flexibility index (Phi) is 10.0. The van der Waals surface area contributed by atoms with Gasteiger partial charge in [-0.2, -0.15) is 0 Å². The second-order valence-corrected chi connectivity index (χ2v) is 8.63. The van der Waals surface area contributed by atoms with E-state index in [9.17, 15) is 4.79 Å². The van der Waals surface area contributed by atoms with E-state index in [1.54, 1.807) is 11.3 Å². The second kappa shape index (κ2) is 10.4. The van der Waals surface area contributed by atoms with Gasteiger partial charge in [0.1, 0.15) is 0 Å². The highest BCUT2D eigenvalue weighted by Crippen LogP contribution is 2.27. The highest BCUT2D eigenvalue weighted by atomic mass is 127. The molecular weight excluding hydrogens is 447 g/mol. The molecule has 0 spiro atoms. The van der Waals surface area contributed by atoms with Crippen molar-refractivity contribution in [3.05, 3.63) is 22.4 Å². The molecule has 1 heterocycles. The minimum atomic E-state index is -0.228. The van der Waals surface area contributed by atoms with Crippen LogP contribution in [0.4, 0.5) is 0 Å². The molecule has 0 aliphatic rings. The lowest BCUT2D eigenvalue weighted by Crippen LogP contribution is -2.49. The van der Waals surface area contributed by atoms with Crippen molar-refractivity contribution >= 4 is 47.2 Å². The number of rotatable bonds is 6. The zero-order valence-corrected chi connectivity index (χ0v) is 19.6. The maximum absolute atomic E-state index is 12.1. The Balaban J connectivity index is 0.00000576. The SMILES string of the molecule is CCNC(=NCC(C)(C)c1cccs1)N(C)CC(=O)NC(C)(C)C.I. The van der Waals surface area contributed by atoms with Gasteiger partial charge >= 0.3 is 0 Å². The maximum atomic E-state index is 12.1. The van der Waals surface area contributed by atoms with Gasteiger partial charge < -0.3 is 15.5 Å². The average Bonchev–Trinajstić information content (AvgIpc) is 2.95. The summed E-state index contributed by atoms with van der Waals surface area (Å²) in [7, 11) is 1.89. The molecule has 0 bridgehead atoms. The number of thiophene rings is 1.